The van der Waals surface area contributed by atoms with Crippen molar-refractivity contribution in [2.24, 2.45) is 39.9 Å². The van der Waals surface area contributed by atoms with Crippen molar-refractivity contribution < 1.29 is 0 Å². The Morgan fingerprint density at radius 3 is 2.31 bits per heavy atom. The summed E-state index contributed by atoms with van der Waals surface area (Å²) >= 11 is 0. The summed E-state index contributed by atoms with van der Waals surface area (Å²) < 4.78 is 0. The Labute approximate surface area is 227 Å². The molecular weight excluding hydrogens is 432 g/mol. The van der Waals surface area contributed by atoms with E-state index in [-0.39, 0.29) is 0 Å². The molecule has 3 rings (SSSR count). The summed E-state index contributed by atoms with van der Waals surface area (Å²) in [6.07, 6.45) is 29.3. The molecule has 0 aromatic heterocycles. The minimum atomic E-state index is 0.500. The van der Waals surface area contributed by atoms with Crippen LogP contribution in [0.25, 0.3) is 0 Å². The standard InChI is InChI=1S/C36H64/c1-9-28(5)17-14-13-15-18-29(10-2)32-19-16-20-33(35(32,8)11-3)30-21-24-36(12-4)26-25-34(6,7)23-22-31(36)27-30/h10,17,30-33H,9,11-16,18-27H2,1-8H3/b28-17-,29-10?/t30-,31?,32?,33+,35-,36-/m1/s1. The van der Waals surface area contributed by atoms with E-state index in [2.05, 4.69) is 67.5 Å². The van der Waals surface area contributed by atoms with Crippen molar-refractivity contribution in [2.45, 2.75) is 165 Å². The van der Waals surface area contributed by atoms with Crippen molar-refractivity contribution in [3.05, 3.63) is 23.3 Å². The van der Waals surface area contributed by atoms with Crippen LogP contribution in [-0.2, 0) is 0 Å². The summed E-state index contributed by atoms with van der Waals surface area (Å²) in [6, 6.07) is 0. The van der Waals surface area contributed by atoms with Crippen LogP contribution in [0, 0.1) is 39.9 Å². The zero-order valence-electron chi connectivity index (χ0n) is 26.0. The maximum Gasteiger partial charge on any atom is -0.0147 e. The van der Waals surface area contributed by atoms with Crippen LogP contribution in [0.4, 0.5) is 0 Å². The lowest BCUT2D eigenvalue weighted by molar-refractivity contribution is -0.0393. The van der Waals surface area contributed by atoms with Gasteiger partial charge in [0, 0.05) is 0 Å². The summed E-state index contributed by atoms with van der Waals surface area (Å²) in [7, 11) is 0. The zero-order valence-corrected chi connectivity index (χ0v) is 26.0. The Bertz CT molecular complexity index is 737. The Kier molecular flexibility index (Phi) is 10.9. The molecule has 0 N–H and O–H groups in total. The van der Waals surface area contributed by atoms with E-state index in [1.807, 2.05) is 5.57 Å². The van der Waals surface area contributed by atoms with Gasteiger partial charge in [-0.2, -0.15) is 0 Å². The van der Waals surface area contributed by atoms with Gasteiger partial charge in [-0.3, -0.25) is 0 Å². The topological polar surface area (TPSA) is 0 Å². The molecule has 208 valence electrons. The van der Waals surface area contributed by atoms with Gasteiger partial charge in [-0.05, 0) is 150 Å². The third kappa shape index (κ3) is 6.72. The van der Waals surface area contributed by atoms with Crippen LogP contribution in [0.2, 0.25) is 0 Å². The van der Waals surface area contributed by atoms with Gasteiger partial charge in [0.25, 0.3) is 0 Å². The van der Waals surface area contributed by atoms with Crippen LogP contribution in [0.3, 0.4) is 0 Å². The van der Waals surface area contributed by atoms with Gasteiger partial charge in [0.2, 0.25) is 0 Å². The third-order valence-corrected chi connectivity index (χ3v) is 12.4. The number of hydrogen-bond donors (Lipinski definition) is 0. The maximum absolute atomic E-state index is 2.73. The lowest BCUT2D eigenvalue weighted by atomic mass is 9.50. The highest BCUT2D eigenvalue weighted by atomic mass is 14.6. The number of allylic oxidation sites excluding steroid dienone is 4. The van der Waals surface area contributed by atoms with Crippen LogP contribution in [0.5, 0.6) is 0 Å². The zero-order chi connectivity index (χ0) is 26.4. The Balaban J connectivity index is 1.71. The Morgan fingerprint density at radius 1 is 0.861 bits per heavy atom. The molecule has 0 aromatic carbocycles. The molecule has 3 fully saturated rings. The van der Waals surface area contributed by atoms with Crippen molar-refractivity contribution >= 4 is 0 Å². The molecule has 0 aliphatic heterocycles. The molecule has 36 heavy (non-hydrogen) atoms. The number of hydrogen-bond acceptors (Lipinski definition) is 0. The molecule has 3 saturated carbocycles. The largest absolute Gasteiger partial charge is 0.0882 e. The molecule has 3 aliphatic carbocycles. The van der Waals surface area contributed by atoms with Gasteiger partial charge in [-0.15, -0.1) is 0 Å². The van der Waals surface area contributed by atoms with E-state index >= 15 is 0 Å². The summed E-state index contributed by atoms with van der Waals surface area (Å²) in [5.41, 5.74) is 5.11. The average molecular weight is 497 g/mol. The Morgan fingerprint density at radius 2 is 1.64 bits per heavy atom. The van der Waals surface area contributed by atoms with Gasteiger partial charge < -0.3 is 0 Å². The number of fused-ring (bicyclic) bond motifs is 1. The molecule has 0 saturated heterocycles. The van der Waals surface area contributed by atoms with Crippen molar-refractivity contribution in [1.82, 2.24) is 0 Å². The van der Waals surface area contributed by atoms with Gasteiger partial charge >= 0.3 is 0 Å². The molecule has 0 spiro atoms. The average Bonchev–Trinajstić information content (AvgIpc) is 3.02. The van der Waals surface area contributed by atoms with Crippen LogP contribution in [0.1, 0.15) is 165 Å². The molecule has 3 aliphatic rings. The fraction of sp³-hybridized carbons (Fsp3) is 0.889. The highest BCUT2D eigenvalue weighted by molar-refractivity contribution is 5.14. The summed E-state index contributed by atoms with van der Waals surface area (Å²) in [5, 5.41) is 0. The fourth-order valence-corrected chi connectivity index (χ4v) is 9.29. The first-order valence-corrected chi connectivity index (χ1v) is 16.5. The predicted octanol–water partition coefficient (Wildman–Crippen LogP) is 12.1. The van der Waals surface area contributed by atoms with E-state index in [0.717, 1.165) is 23.7 Å². The normalized spacial score (nSPS) is 37.9. The van der Waals surface area contributed by atoms with Crippen LogP contribution < -0.4 is 0 Å². The van der Waals surface area contributed by atoms with E-state index in [4.69, 9.17) is 0 Å². The van der Waals surface area contributed by atoms with E-state index in [1.54, 1.807) is 12.0 Å². The van der Waals surface area contributed by atoms with Crippen molar-refractivity contribution in [3.63, 3.8) is 0 Å². The SMILES string of the molecule is CC=C(CCCC/C=C(/C)CC)C1CCC[C@@H]([C@@H]2CC[C@]3(CC)CCC(C)(C)CCC3C2)[C@]1(C)CC. The van der Waals surface area contributed by atoms with E-state index in [9.17, 15) is 0 Å². The maximum atomic E-state index is 2.73. The monoisotopic (exact) mass is 497 g/mol. The first-order chi connectivity index (χ1) is 17.1. The minimum Gasteiger partial charge on any atom is -0.0882 e. The molecular formula is C36H64. The highest BCUT2D eigenvalue weighted by Crippen LogP contribution is 2.61. The summed E-state index contributed by atoms with van der Waals surface area (Å²) in [6.45, 7) is 19.8. The molecule has 2 unspecified atom stereocenters. The lowest BCUT2D eigenvalue weighted by Crippen LogP contribution is -2.46. The van der Waals surface area contributed by atoms with Gasteiger partial charge in [0.15, 0.2) is 0 Å². The van der Waals surface area contributed by atoms with Crippen molar-refractivity contribution in [3.8, 4) is 0 Å². The second kappa shape index (κ2) is 13.0. The minimum absolute atomic E-state index is 0.500. The van der Waals surface area contributed by atoms with Crippen LogP contribution in [0.15, 0.2) is 23.3 Å². The van der Waals surface area contributed by atoms with E-state index in [0.29, 0.717) is 16.2 Å². The van der Waals surface area contributed by atoms with Gasteiger partial charge in [-0.25, -0.2) is 0 Å². The first kappa shape index (κ1) is 30.0. The van der Waals surface area contributed by atoms with E-state index < -0.39 is 0 Å². The Hall–Kier alpha value is -0.520. The second-order valence-electron chi connectivity index (χ2n) is 14.6. The fourth-order valence-electron chi connectivity index (χ4n) is 9.29. The van der Waals surface area contributed by atoms with Gasteiger partial charge in [-0.1, -0.05) is 77.7 Å². The smallest absolute Gasteiger partial charge is 0.0147 e. The molecule has 0 amide bonds. The van der Waals surface area contributed by atoms with Crippen LogP contribution in [-0.4, -0.2) is 0 Å². The predicted molar refractivity (Wildman–Crippen MR) is 161 cm³/mol. The van der Waals surface area contributed by atoms with Gasteiger partial charge in [0.1, 0.15) is 0 Å². The molecule has 0 heterocycles. The lowest BCUT2D eigenvalue weighted by Gasteiger charge is -2.55. The molecule has 0 heteroatoms. The van der Waals surface area contributed by atoms with Crippen molar-refractivity contribution in [2.75, 3.05) is 0 Å². The summed E-state index contributed by atoms with van der Waals surface area (Å²) in [5.74, 6) is 3.73. The first-order valence-electron chi connectivity index (χ1n) is 16.5. The third-order valence-electron chi connectivity index (χ3n) is 12.4. The molecule has 0 bridgehead atoms. The molecule has 0 aromatic rings. The summed E-state index contributed by atoms with van der Waals surface area (Å²) in [4.78, 5) is 0. The molecule has 0 nitrogen and oxygen atoms in total. The van der Waals surface area contributed by atoms with E-state index in [1.165, 1.54) is 103 Å². The van der Waals surface area contributed by atoms with Gasteiger partial charge in [0.05, 0.1) is 0 Å². The van der Waals surface area contributed by atoms with Crippen molar-refractivity contribution in [1.29, 1.82) is 0 Å². The quantitative estimate of drug-likeness (QED) is 0.208. The highest BCUT2D eigenvalue weighted by Gasteiger charge is 2.51. The molecule has 6 atom stereocenters. The molecule has 0 radical (unpaired) electrons. The van der Waals surface area contributed by atoms with Crippen LogP contribution >= 0.6 is 0 Å². The second-order valence-corrected chi connectivity index (χ2v) is 14.6. The number of unbranched alkanes of at least 4 members (excludes halogenated alkanes) is 2. The number of rotatable bonds is 10.